The number of halogens is 4. The van der Waals surface area contributed by atoms with Gasteiger partial charge in [-0.3, -0.25) is 0 Å². The van der Waals surface area contributed by atoms with E-state index in [-0.39, 0.29) is 11.4 Å². The molecule has 118 valence electrons. The van der Waals surface area contributed by atoms with Gasteiger partial charge in [-0.25, -0.2) is 0 Å². The van der Waals surface area contributed by atoms with Crippen LogP contribution >= 0.6 is 11.6 Å². The fourth-order valence-corrected chi connectivity index (χ4v) is 2.66. The van der Waals surface area contributed by atoms with E-state index in [9.17, 15) is 13.2 Å². The quantitative estimate of drug-likeness (QED) is 0.629. The van der Waals surface area contributed by atoms with Crippen LogP contribution in [0.5, 0.6) is 0 Å². The van der Waals surface area contributed by atoms with Crippen molar-refractivity contribution in [3.63, 3.8) is 0 Å². The van der Waals surface area contributed by atoms with E-state index in [2.05, 4.69) is 18.7 Å². The first-order valence-electron chi connectivity index (χ1n) is 7.35. The number of anilines is 1. The standard InChI is InChI=1S/C16H21ClF3N/c1-11(2)7-8-21(13-5-6-13)14-4-3-12(10-17)15(9-14)16(18,19)20/h3-4,9,11,13H,5-8,10H2,1-2H3. The van der Waals surface area contributed by atoms with Gasteiger partial charge in [0.15, 0.2) is 0 Å². The summed E-state index contributed by atoms with van der Waals surface area (Å²) in [5, 5.41) is 0. The fraction of sp³-hybridized carbons (Fsp3) is 0.625. The summed E-state index contributed by atoms with van der Waals surface area (Å²) in [6, 6.07) is 4.93. The van der Waals surface area contributed by atoms with Gasteiger partial charge in [-0.1, -0.05) is 19.9 Å². The molecule has 0 unspecified atom stereocenters. The minimum atomic E-state index is -4.35. The van der Waals surface area contributed by atoms with Gasteiger partial charge in [0.1, 0.15) is 0 Å². The zero-order valence-corrected chi connectivity index (χ0v) is 13.1. The number of hydrogen-bond donors (Lipinski definition) is 0. The second-order valence-corrected chi connectivity index (χ2v) is 6.35. The highest BCUT2D eigenvalue weighted by atomic mass is 35.5. The zero-order valence-electron chi connectivity index (χ0n) is 12.4. The van der Waals surface area contributed by atoms with E-state index < -0.39 is 11.7 Å². The Balaban J connectivity index is 2.28. The summed E-state index contributed by atoms with van der Waals surface area (Å²) >= 11 is 5.63. The molecule has 1 saturated carbocycles. The topological polar surface area (TPSA) is 3.24 Å². The van der Waals surface area contributed by atoms with Crippen molar-refractivity contribution in [2.45, 2.75) is 51.2 Å². The molecule has 0 amide bonds. The third kappa shape index (κ3) is 4.29. The lowest BCUT2D eigenvalue weighted by Gasteiger charge is -2.27. The lowest BCUT2D eigenvalue weighted by molar-refractivity contribution is -0.138. The highest BCUT2D eigenvalue weighted by Crippen LogP contribution is 2.38. The Morgan fingerprint density at radius 1 is 1.29 bits per heavy atom. The lowest BCUT2D eigenvalue weighted by Crippen LogP contribution is -2.28. The molecular weight excluding hydrogens is 299 g/mol. The third-order valence-electron chi connectivity index (χ3n) is 3.81. The van der Waals surface area contributed by atoms with Gasteiger partial charge in [0.25, 0.3) is 0 Å². The molecule has 1 aromatic carbocycles. The maximum Gasteiger partial charge on any atom is 0.416 e. The number of alkyl halides is 4. The van der Waals surface area contributed by atoms with E-state index >= 15 is 0 Å². The molecule has 0 aliphatic heterocycles. The smallest absolute Gasteiger partial charge is 0.369 e. The van der Waals surface area contributed by atoms with Crippen molar-refractivity contribution in [2.75, 3.05) is 11.4 Å². The Labute approximate surface area is 129 Å². The SMILES string of the molecule is CC(C)CCN(c1ccc(CCl)c(C(F)(F)F)c1)C1CC1. The maximum atomic E-state index is 13.1. The molecule has 0 saturated heterocycles. The first-order chi connectivity index (χ1) is 9.82. The average Bonchev–Trinajstić information content (AvgIpc) is 3.22. The molecular formula is C16H21ClF3N. The fourth-order valence-electron chi connectivity index (χ4n) is 2.43. The van der Waals surface area contributed by atoms with Crippen LogP contribution in [0.2, 0.25) is 0 Å². The van der Waals surface area contributed by atoms with Crippen LogP contribution in [-0.4, -0.2) is 12.6 Å². The predicted octanol–water partition coefficient (Wildman–Crippen LogP) is 5.46. The minimum absolute atomic E-state index is 0.120. The van der Waals surface area contributed by atoms with Crippen LogP contribution < -0.4 is 4.90 Å². The number of nitrogens with zero attached hydrogens (tertiary/aromatic N) is 1. The van der Waals surface area contributed by atoms with Crippen LogP contribution in [0.4, 0.5) is 18.9 Å². The Hall–Kier alpha value is -0.900. The molecule has 1 aliphatic carbocycles. The number of benzene rings is 1. The zero-order chi connectivity index (χ0) is 15.6. The molecule has 5 heteroatoms. The third-order valence-corrected chi connectivity index (χ3v) is 4.10. The summed E-state index contributed by atoms with van der Waals surface area (Å²) < 4.78 is 39.4. The maximum absolute atomic E-state index is 13.1. The monoisotopic (exact) mass is 319 g/mol. The Morgan fingerprint density at radius 2 is 1.95 bits per heavy atom. The van der Waals surface area contributed by atoms with E-state index in [0.29, 0.717) is 17.6 Å². The summed E-state index contributed by atoms with van der Waals surface area (Å²) in [5.74, 6) is 0.417. The molecule has 1 fully saturated rings. The van der Waals surface area contributed by atoms with Gasteiger partial charge in [0.05, 0.1) is 5.56 Å². The molecule has 0 aromatic heterocycles. The summed E-state index contributed by atoms with van der Waals surface area (Å²) in [6.07, 6.45) is -1.24. The molecule has 0 atom stereocenters. The molecule has 0 bridgehead atoms. The van der Waals surface area contributed by atoms with Crippen molar-refractivity contribution < 1.29 is 13.2 Å². The molecule has 1 aromatic rings. The number of hydrogen-bond acceptors (Lipinski definition) is 1. The van der Waals surface area contributed by atoms with Crippen molar-refractivity contribution in [2.24, 2.45) is 5.92 Å². The van der Waals surface area contributed by atoms with Gasteiger partial charge < -0.3 is 4.90 Å². The summed E-state index contributed by atoms with van der Waals surface area (Å²) in [4.78, 5) is 2.12. The van der Waals surface area contributed by atoms with Crippen molar-refractivity contribution in [1.82, 2.24) is 0 Å². The van der Waals surface area contributed by atoms with Crippen molar-refractivity contribution >= 4 is 17.3 Å². The second kappa shape index (κ2) is 6.47. The van der Waals surface area contributed by atoms with Gasteiger partial charge in [0, 0.05) is 24.2 Å². The number of rotatable bonds is 6. The molecule has 2 rings (SSSR count). The first-order valence-corrected chi connectivity index (χ1v) is 7.89. The molecule has 0 spiro atoms. The highest BCUT2D eigenvalue weighted by molar-refractivity contribution is 6.17. The van der Waals surface area contributed by atoms with Gasteiger partial charge in [-0.2, -0.15) is 13.2 Å². The van der Waals surface area contributed by atoms with Gasteiger partial charge in [-0.05, 0) is 42.9 Å². The van der Waals surface area contributed by atoms with Crippen molar-refractivity contribution in [3.05, 3.63) is 29.3 Å². The largest absolute Gasteiger partial charge is 0.416 e. The predicted molar refractivity (Wildman–Crippen MR) is 80.8 cm³/mol. The van der Waals surface area contributed by atoms with E-state index in [4.69, 9.17) is 11.6 Å². The van der Waals surface area contributed by atoms with E-state index in [0.717, 1.165) is 25.8 Å². The summed E-state index contributed by atoms with van der Waals surface area (Å²) in [7, 11) is 0. The van der Waals surface area contributed by atoms with Crippen molar-refractivity contribution in [3.8, 4) is 0 Å². The van der Waals surface area contributed by atoms with E-state index in [1.165, 1.54) is 12.1 Å². The average molecular weight is 320 g/mol. The van der Waals surface area contributed by atoms with E-state index in [1.54, 1.807) is 6.07 Å². The van der Waals surface area contributed by atoms with Crippen LogP contribution in [0.25, 0.3) is 0 Å². The molecule has 0 N–H and O–H groups in total. The van der Waals surface area contributed by atoms with Crippen LogP contribution in [0, 0.1) is 5.92 Å². The molecule has 0 heterocycles. The minimum Gasteiger partial charge on any atom is -0.369 e. The summed E-state index contributed by atoms with van der Waals surface area (Å²) in [6.45, 7) is 5.06. The van der Waals surface area contributed by atoms with Crippen LogP contribution in [0.1, 0.15) is 44.2 Å². The molecule has 1 aliphatic rings. The van der Waals surface area contributed by atoms with Gasteiger partial charge in [0.2, 0.25) is 0 Å². The second-order valence-electron chi connectivity index (χ2n) is 6.08. The lowest BCUT2D eigenvalue weighted by atomic mass is 10.1. The molecule has 21 heavy (non-hydrogen) atoms. The Morgan fingerprint density at radius 3 is 2.43 bits per heavy atom. The van der Waals surface area contributed by atoms with Crippen LogP contribution in [-0.2, 0) is 12.1 Å². The Kier molecular flexibility index (Phi) is 5.07. The van der Waals surface area contributed by atoms with Gasteiger partial charge in [-0.15, -0.1) is 11.6 Å². The first kappa shape index (κ1) is 16.5. The Bertz CT molecular complexity index is 481. The highest BCUT2D eigenvalue weighted by Gasteiger charge is 2.35. The van der Waals surface area contributed by atoms with Gasteiger partial charge >= 0.3 is 6.18 Å². The van der Waals surface area contributed by atoms with Crippen molar-refractivity contribution in [1.29, 1.82) is 0 Å². The normalized spacial score (nSPS) is 15.6. The summed E-state index contributed by atoms with van der Waals surface area (Å²) in [5.41, 5.74) is 0.206. The molecule has 0 radical (unpaired) electrons. The van der Waals surface area contributed by atoms with Crippen LogP contribution in [0.15, 0.2) is 18.2 Å². The van der Waals surface area contributed by atoms with E-state index in [1.807, 2.05) is 0 Å². The molecule has 1 nitrogen and oxygen atoms in total. The van der Waals surface area contributed by atoms with Crippen LogP contribution in [0.3, 0.4) is 0 Å².